The van der Waals surface area contributed by atoms with Gasteiger partial charge in [0.25, 0.3) is 0 Å². The van der Waals surface area contributed by atoms with E-state index in [4.69, 9.17) is 4.74 Å². The average Bonchev–Trinajstić information content (AvgIpc) is 2.62. The number of sulfonamides is 1. The number of anilines is 1. The van der Waals surface area contributed by atoms with Crippen molar-refractivity contribution in [1.82, 2.24) is 0 Å². The van der Waals surface area contributed by atoms with Crippen molar-refractivity contribution in [3.8, 4) is 5.75 Å². The molecule has 0 bridgehead atoms. The maximum atomic E-state index is 12.2. The van der Waals surface area contributed by atoms with Gasteiger partial charge < -0.3 is 4.74 Å². The van der Waals surface area contributed by atoms with Crippen LogP contribution in [0.5, 0.6) is 5.75 Å². The fourth-order valence-corrected chi connectivity index (χ4v) is 4.30. The number of hydrogen-bond acceptors (Lipinski definition) is 3. The van der Waals surface area contributed by atoms with Crippen molar-refractivity contribution in [2.45, 2.75) is 84.5 Å². The Morgan fingerprint density at radius 2 is 1.46 bits per heavy atom. The van der Waals surface area contributed by atoms with Crippen molar-refractivity contribution < 1.29 is 13.2 Å². The zero-order valence-electron chi connectivity index (χ0n) is 16.9. The molecule has 5 heteroatoms. The largest absolute Gasteiger partial charge is 0.496 e. The van der Waals surface area contributed by atoms with Crippen molar-refractivity contribution in [1.29, 1.82) is 0 Å². The van der Waals surface area contributed by atoms with Gasteiger partial charge in [0, 0.05) is 5.69 Å². The number of rotatable bonds is 15. The van der Waals surface area contributed by atoms with E-state index in [-0.39, 0.29) is 5.75 Å². The summed E-state index contributed by atoms with van der Waals surface area (Å²) in [6.07, 6.45) is 12.8. The van der Waals surface area contributed by atoms with E-state index in [0.717, 1.165) is 37.0 Å². The Kier molecular flexibility index (Phi) is 11.4. The first-order chi connectivity index (χ1) is 12.5. The molecule has 1 N–H and O–H groups in total. The molecular formula is C21H37NO3S. The Balaban J connectivity index is 2.24. The molecule has 0 aromatic heterocycles. The van der Waals surface area contributed by atoms with Gasteiger partial charge in [0.1, 0.15) is 5.75 Å². The Morgan fingerprint density at radius 1 is 0.885 bits per heavy atom. The van der Waals surface area contributed by atoms with Crippen LogP contribution < -0.4 is 9.46 Å². The number of aryl methyl sites for hydroxylation is 1. The van der Waals surface area contributed by atoms with E-state index >= 15 is 0 Å². The molecule has 0 atom stereocenters. The van der Waals surface area contributed by atoms with E-state index in [1.165, 1.54) is 44.9 Å². The van der Waals surface area contributed by atoms with Crippen LogP contribution in [-0.4, -0.2) is 21.3 Å². The number of ether oxygens (including phenoxy) is 1. The molecule has 0 saturated heterocycles. The summed E-state index contributed by atoms with van der Waals surface area (Å²) in [5.41, 5.74) is 1.63. The second kappa shape index (κ2) is 13.0. The molecule has 0 amide bonds. The van der Waals surface area contributed by atoms with Gasteiger partial charge in [-0.05, 0) is 36.6 Å². The lowest BCUT2D eigenvalue weighted by Gasteiger charge is -2.11. The molecular weight excluding hydrogens is 346 g/mol. The zero-order valence-corrected chi connectivity index (χ0v) is 17.7. The normalized spacial score (nSPS) is 11.5. The summed E-state index contributed by atoms with van der Waals surface area (Å²) in [7, 11) is -1.65. The van der Waals surface area contributed by atoms with E-state index < -0.39 is 10.0 Å². The summed E-state index contributed by atoms with van der Waals surface area (Å²) in [4.78, 5) is 0. The van der Waals surface area contributed by atoms with Crippen molar-refractivity contribution in [2.24, 2.45) is 0 Å². The van der Waals surface area contributed by atoms with Crippen LogP contribution in [0.4, 0.5) is 5.69 Å². The molecule has 26 heavy (non-hydrogen) atoms. The van der Waals surface area contributed by atoms with E-state index in [1.807, 2.05) is 19.1 Å². The molecule has 0 fully saturated rings. The van der Waals surface area contributed by atoms with Crippen molar-refractivity contribution in [3.63, 3.8) is 0 Å². The van der Waals surface area contributed by atoms with Gasteiger partial charge in [0.2, 0.25) is 10.0 Å². The molecule has 1 aromatic rings. The first kappa shape index (κ1) is 22.8. The third kappa shape index (κ3) is 9.46. The van der Waals surface area contributed by atoms with Gasteiger partial charge in [0.05, 0.1) is 12.9 Å². The Bertz CT molecular complexity index is 599. The molecule has 150 valence electrons. The topological polar surface area (TPSA) is 55.4 Å². The molecule has 0 aliphatic heterocycles. The minimum Gasteiger partial charge on any atom is -0.496 e. The lowest BCUT2D eigenvalue weighted by atomic mass is 10.1. The summed E-state index contributed by atoms with van der Waals surface area (Å²) in [5, 5.41) is 0. The number of hydrogen-bond donors (Lipinski definition) is 1. The molecule has 1 aromatic carbocycles. The fraction of sp³-hybridized carbons (Fsp3) is 0.714. The summed E-state index contributed by atoms with van der Waals surface area (Å²) >= 11 is 0. The third-order valence-electron chi connectivity index (χ3n) is 4.70. The third-order valence-corrected chi connectivity index (χ3v) is 6.07. The lowest BCUT2D eigenvalue weighted by molar-refractivity contribution is 0.410. The van der Waals surface area contributed by atoms with Crippen LogP contribution in [0.3, 0.4) is 0 Å². The average molecular weight is 384 g/mol. The molecule has 0 aliphatic rings. The van der Waals surface area contributed by atoms with Crippen LogP contribution in [0.25, 0.3) is 0 Å². The Morgan fingerprint density at radius 3 is 2.00 bits per heavy atom. The van der Waals surface area contributed by atoms with Crippen LogP contribution in [0.15, 0.2) is 18.2 Å². The van der Waals surface area contributed by atoms with Gasteiger partial charge >= 0.3 is 0 Å². The number of nitrogens with one attached hydrogen (secondary N) is 1. The lowest BCUT2D eigenvalue weighted by Crippen LogP contribution is -2.16. The smallest absolute Gasteiger partial charge is 0.232 e. The molecule has 0 spiro atoms. The van der Waals surface area contributed by atoms with Crippen LogP contribution >= 0.6 is 0 Å². The van der Waals surface area contributed by atoms with Crippen LogP contribution in [0, 0.1) is 0 Å². The van der Waals surface area contributed by atoms with Gasteiger partial charge in [-0.2, -0.15) is 0 Å². The fourth-order valence-electron chi connectivity index (χ4n) is 3.13. The molecule has 4 nitrogen and oxygen atoms in total. The number of unbranched alkanes of at least 4 members (excludes halogenated alkanes) is 9. The first-order valence-corrected chi connectivity index (χ1v) is 11.8. The summed E-state index contributed by atoms with van der Waals surface area (Å²) in [6, 6.07) is 5.43. The van der Waals surface area contributed by atoms with Crippen molar-refractivity contribution >= 4 is 15.7 Å². The standard InChI is InChI=1S/C21H37NO3S/c1-4-6-7-8-9-10-11-12-13-14-17-26(23,24)22-20-15-16-21(25-3)19(5-2)18-20/h15-16,18,22H,4-14,17H2,1-3H3. The maximum absolute atomic E-state index is 12.2. The van der Waals surface area contributed by atoms with Crippen LogP contribution in [0.2, 0.25) is 0 Å². The molecule has 0 radical (unpaired) electrons. The highest BCUT2D eigenvalue weighted by atomic mass is 32.2. The van der Waals surface area contributed by atoms with Gasteiger partial charge in [-0.15, -0.1) is 0 Å². The quantitative estimate of drug-likeness (QED) is 0.382. The minimum absolute atomic E-state index is 0.191. The molecule has 0 aliphatic carbocycles. The summed E-state index contributed by atoms with van der Waals surface area (Å²) in [5.74, 6) is 0.988. The van der Waals surface area contributed by atoms with E-state index in [0.29, 0.717) is 5.69 Å². The van der Waals surface area contributed by atoms with Gasteiger partial charge in [-0.3, -0.25) is 4.72 Å². The SMILES string of the molecule is CCCCCCCCCCCCS(=O)(=O)Nc1ccc(OC)c(CC)c1. The van der Waals surface area contributed by atoms with Crippen LogP contribution in [0.1, 0.15) is 83.6 Å². The van der Waals surface area contributed by atoms with Crippen molar-refractivity contribution in [2.75, 3.05) is 17.6 Å². The summed E-state index contributed by atoms with van der Waals surface area (Å²) < 4.78 is 32.5. The number of methoxy groups -OCH3 is 1. The van der Waals surface area contributed by atoms with E-state index in [2.05, 4.69) is 11.6 Å². The van der Waals surface area contributed by atoms with Crippen LogP contribution in [-0.2, 0) is 16.4 Å². The maximum Gasteiger partial charge on any atom is 0.232 e. The zero-order chi connectivity index (χ0) is 19.3. The highest BCUT2D eigenvalue weighted by molar-refractivity contribution is 7.92. The van der Waals surface area contributed by atoms with E-state index in [1.54, 1.807) is 13.2 Å². The minimum atomic E-state index is -3.28. The monoisotopic (exact) mass is 383 g/mol. The number of benzene rings is 1. The Hall–Kier alpha value is -1.23. The highest BCUT2D eigenvalue weighted by Crippen LogP contribution is 2.23. The molecule has 0 saturated carbocycles. The molecule has 0 heterocycles. The first-order valence-electron chi connectivity index (χ1n) is 10.2. The van der Waals surface area contributed by atoms with Gasteiger partial charge in [-0.25, -0.2) is 8.42 Å². The predicted molar refractivity (Wildman–Crippen MR) is 112 cm³/mol. The molecule has 1 rings (SSSR count). The summed E-state index contributed by atoms with van der Waals surface area (Å²) in [6.45, 7) is 4.26. The predicted octanol–water partition coefficient (Wildman–Crippen LogP) is 5.92. The second-order valence-electron chi connectivity index (χ2n) is 6.98. The Labute approximate surface area is 160 Å². The van der Waals surface area contributed by atoms with E-state index in [9.17, 15) is 8.42 Å². The van der Waals surface area contributed by atoms with Gasteiger partial charge in [0.15, 0.2) is 0 Å². The second-order valence-corrected chi connectivity index (χ2v) is 8.82. The van der Waals surface area contributed by atoms with Gasteiger partial charge in [-0.1, -0.05) is 71.6 Å². The van der Waals surface area contributed by atoms with Crippen molar-refractivity contribution in [3.05, 3.63) is 23.8 Å². The highest BCUT2D eigenvalue weighted by Gasteiger charge is 2.11. The molecule has 0 unspecified atom stereocenters.